The molecule has 1 aromatic rings. The van der Waals surface area contributed by atoms with Crippen molar-refractivity contribution in [3.05, 3.63) is 34.9 Å². The minimum atomic E-state index is 0.329. The molecule has 1 heterocycles. The number of Topliss-reactive ketones (excluding diaryl/α,β-unsaturated/α-hetero) is 1. The van der Waals surface area contributed by atoms with Gasteiger partial charge in [0.05, 0.1) is 0 Å². The summed E-state index contributed by atoms with van der Waals surface area (Å²) >= 11 is 0. The van der Waals surface area contributed by atoms with Gasteiger partial charge in [-0.05, 0) is 62.9 Å². The fraction of sp³-hybridized carbons (Fsp3) is 0.562. The number of piperidine rings is 1. The summed E-state index contributed by atoms with van der Waals surface area (Å²) in [5.41, 5.74) is 3.69. The molecule has 1 saturated heterocycles. The third-order valence-corrected chi connectivity index (χ3v) is 4.45. The minimum Gasteiger partial charge on any atom is -0.306 e. The van der Waals surface area contributed by atoms with Crippen LogP contribution in [0, 0.1) is 5.92 Å². The van der Waals surface area contributed by atoms with Crippen molar-refractivity contribution in [2.75, 3.05) is 20.1 Å². The minimum absolute atomic E-state index is 0.329. The summed E-state index contributed by atoms with van der Waals surface area (Å²) < 4.78 is 0. The van der Waals surface area contributed by atoms with Crippen LogP contribution in [0.25, 0.3) is 0 Å². The van der Waals surface area contributed by atoms with E-state index in [9.17, 15) is 4.79 Å². The Morgan fingerprint density at radius 1 is 1.22 bits per heavy atom. The number of aryl methyl sites for hydroxylation is 1. The molecule has 0 amide bonds. The van der Waals surface area contributed by atoms with Crippen LogP contribution >= 0.6 is 0 Å². The van der Waals surface area contributed by atoms with Crippen molar-refractivity contribution in [1.29, 1.82) is 0 Å². The van der Waals surface area contributed by atoms with E-state index in [2.05, 4.69) is 30.1 Å². The van der Waals surface area contributed by atoms with Crippen molar-refractivity contribution in [3.63, 3.8) is 0 Å². The molecule has 96 valence electrons. The van der Waals surface area contributed by atoms with Crippen molar-refractivity contribution in [2.24, 2.45) is 5.92 Å². The van der Waals surface area contributed by atoms with E-state index in [0.29, 0.717) is 12.2 Å². The number of hydrogen-bond acceptors (Lipinski definition) is 2. The van der Waals surface area contributed by atoms with E-state index in [0.717, 1.165) is 17.9 Å². The summed E-state index contributed by atoms with van der Waals surface area (Å²) in [4.78, 5) is 14.0. The number of fused-ring (bicyclic) bond motifs is 1. The lowest BCUT2D eigenvalue weighted by atomic mass is 9.89. The van der Waals surface area contributed by atoms with Crippen molar-refractivity contribution < 1.29 is 4.79 Å². The monoisotopic (exact) mass is 243 g/mol. The first-order chi connectivity index (χ1) is 8.72. The molecule has 1 fully saturated rings. The molecule has 18 heavy (non-hydrogen) atoms. The van der Waals surface area contributed by atoms with E-state index in [1.807, 2.05) is 0 Å². The second-order valence-corrected chi connectivity index (χ2v) is 5.87. The highest BCUT2D eigenvalue weighted by Crippen LogP contribution is 2.26. The van der Waals surface area contributed by atoms with Gasteiger partial charge in [-0.3, -0.25) is 4.79 Å². The average molecular weight is 243 g/mol. The summed E-state index contributed by atoms with van der Waals surface area (Å²) in [5.74, 6) is 1.16. The van der Waals surface area contributed by atoms with Gasteiger partial charge in [0.2, 0.25) is 0 Å². The smallest absolute Gasteiger partial charge is 0.163 e. The van der Waals surface area contributed by atoms with Gasteiger partial charge in [-0.1, -0.05) is 18.2 Å². The van der Waals surface area contributed by atoms with Crippen LogP contribution in [-0.4, -0.2) is 30.8 Å². The highest BCUT2D eigenvalue weighted by atomic mass is 16.1. The second-order valence-electron chi connectivity index (χ2n) is 5.87. The van der Waals surface area contributed by atoms with E-state index in [1.165, 1.54) is 43.5 Å². The van der Waals surface area contributed by atoms with Crippen molar-refractivity contribution in [2.45, 2.75) is 32.1 Å². The number of carbonyl (C=O) groups is 1. The normalized spacial score (nSPS) is 21.3. The van der Waals surface area contributed by atoms with Crippen LogP contribution in [0.5, 0.6) is 0 Å². The Hall–Kier alpha value is -1.15. The van der Waals surface area contributed by atoms with Crippen LogP contribution in [0.3, 0.4) is 0 Å². The maximum absolute atomic E-state index is 11.6. The third-order valence-electron chi connectivity index (χ3n) is 4.45. The predicted octanol–water partition coefficient (Wildman–Crippen LogP) is 2.70. The molecule has 0 atom stereocenters. The maximum Gasteiger partial charge on any atom is 0.163 e. The first-order valence-electron chi connectivity index (χ1n) is 7.06. The summed E-state index contributed by atoms with van der Waals surface area (Å²) in [7, 11) is 2.21. The lowest BCUT2D eigenvalue weighted by Gasteiger charge is -2.29. The van der Waals surface area contributed by atoms with Crippen LogP contribution in [0.1, 0.15) is 40.7 Å². The number of rotatable bonds is 2. The molecule has 0 spiro atoms. The maximum atomic E-state index is 11.6. The topological polar surface area (TPSA) is 20.3 Å². The van der Waals surface area contributed by atoms with Crippen LogP contribution in [-0.2, 0) is 12.8 Å². The zero-order valence-electron chi connectivity index (χ0n) is 11.1. The Labute approximate surface area is 109 Å². The number of nitrogens with zero attached hydrogens (tertiary/aromatic N) is 1. The number of likely N-dealkylation sites (tertiary alicyclic amines) is 1. The molecular weight excluding hydrogens is 222 g/mol. The lowest BCUT2D eigenvalue weighted by molar-refractivity contribution is 0.0994. The van der Waals surface area contributed by atoms with Gasteiger partial charge in [-0.2, -0.15) is 0 Å². The molecule has 2 nitrogen and oxygen atoms in total. The quantitative estimate of drug-likeness (QED) is 0.796. The predicted molar refractivity (Wildman–Crippen MR) is 73.0 cm³/mol. The molecule has 1 aliphatic heterocycles. The average Bonchev–Trinajstić information content (AvgIpc) is 2.74. The van der Waals surface area contributed by atoms with E-state index >= 15 is 0 Å². The molecular formula is C16H21NO. The van der Waals surface area contributed by atoms with Crippen molar-refractivity contribution in [3.8, 4) is 0 Å². The molecule has 3 rings (SSSR count). The largest absolute Gasteiger partial charge is 0.306 e. The van der Waals surface area contributed by atoms with Crippen LogP contribution in [0.2, 0.25) is 0 Å². The molecule has 0 saturated carbocycles. The van der Waals surface area contributed by atoms with Gasteiger partial charge in [0.15, 0.2) is 5.78 Å². The summed E-state index contributed by atoms with van der Waals surface area (Å²) in [6.07, 6.45) is 5.48. The standard InChI is InChI=1S/C16H21NO/c1-17-8-6-12(7-9-17)10-13-2-4-15-14(11-13)3-5-16(15)18/h2,4,11-12H,3,5-10H2,1H3. The molecule has 0 radical (unpaired) electrons. The van der Waals surface area contributed by atoms with Gasteiger partial charge >= 0.3 is 0 Å². The zero-order chi connectivity index (χ0) is 12.5. The van der Waals surface area contributed by atoms with Gasteiger partial charge in [0.1, 0.15) is 0 Å². The molecule has 0 bridgehead atoms. The van der Waals surface area contributed by atoms with Gasteiger partial charge in [-0.15, -0.1) is 0 Å². The summed E-state index contributed by atoms with van der Waals surface area (Å²) in [6, 6.07) is 6.49. The zero-order valence-corrected chi connectivity index (χ0v) is 11.1. The van der Waals surface area contributed by atoms with Gasteiger partial charge < -0.3 is 4.90 Å². The number of benzene rings is 1. The van der Waals surface area contributed by atoms with Crippen LogP contribution in [0.15, 0.2) is 18.2 Å². The van der Waals surface area contributed by atoms with Gasteiger partial charge in [0, 0.05) is 12.0 Å². The van der Waals surface area contributed by atoms with E-state index in [-0.39, 0.29) is 0 Å². The third kappa shape index (κ3) is 2.35. The molecule has 1 aromatic carbocycles. The Bertz CT molecular complexity index is 458. The van der Waals surface area contributed by atoms with Crippen LogP contribution < -0.4 is 0 Å². The number of hydrogen-bond donors (Lipinski definition) is 0. The molecule has 0 N–H and O–H groups in total. The summed E-state index contributed by atoms with van der Waals surface area (Å²) in [6.45, 7) is 2.46. The molecule has 2 aliphatic rings. The summed E-state index contributed by atoms with van der Waals surface area (Å²) in [5, 5.41) is 0. The van der Waals surface area contributed by atoms with Crippen molar-refractivity contribution in [1.82, 2.24) is 4.90 Å². The molecule has 1 aliphatic carbocycles. The Kier molecular flexibility index (Phi) is 3.21. The molecule has 0 aromatic heterocycles. The van der Waals surface area contributed by atoms with Gasteiger partial charge in [-0.25, -0.2) is 0 Å². The Morgan fingerprint density at radius 3 is 2.78 bits per heavy atom. The lowest BCUT2D eigenvalue weighted by Crippen LogP contribution is -2.30. The van der Waals surface area contributed by atoms with Crippen molar-refractivity contribution >= 4 is 5.78 Å². The molecule has 0 unspecified atom stereocenters. The number of carbonyl (C=O) groups excluding carboxylic acids is 1. The second kappa shape index (κ2) is 4.85. The first-order valence-corrected chi connectivity index (χ1v) is 7.06. The SMILES string of the molecule is CN1CCC(Cc2ccc3c(c2)CCC3=O)CC1. The highest BCUT2D eigenvalue weighted by Gasteiger charge is 2.21. The van der Waals surface area contributed by atoms with E-state index in [4.69, 9.17) is 0 Å². The Morgan fingerprint density at radius 2 is 2.00 bits per heavy atom. The van der Waals surface area contributed by atoms with Crippen LogP contribution in [0.4, 0.5) is 0 Å². The fourth-order valence-corrected chi connectivity index (χ4v) is 3.24. The Balaban J connectivity index is 1.69. The van der Waals surface area contributed by atoms with E-state index < -0.39 is 0 Å². The van der Waals surface area contributed by atoms with E-state index in [1.54, 1.807) is 0 Å². The highest BCUT2D eigenvalue weighted by molar-refractivity contribution is 6.00. The van der Waals surface area contributed by atoms with Gasteiger partial charge in [0.25, 0.3) is 0 Å². The first kappa shape index (κ1) is 11.9. The number of ketones is 1. The molecule has 2 heteroatoms. The fourth-order valence-electron chi connectivity index (χ4n) is 3.24.